The Balaban J connectivity index is 1.88. The van der Waals surface area contributed by atoms with Crippen LogP contribution in [0.1, 0.15) is 49.5 Å². The second-order valence-corrected chi connectivity index (χ2v) is 5.91. The van der Waals surface area contributed by atoms with Crippen molar-refractivity contribution in [3.63, 3.8) is 0 Å². The molecule has 2 unspecified atom stereocenters. The molecule has 1 aliphatic carbocycles. The fourth-order valence-electron chi connectivity index (χ4n) is 3.27. The minimum Gasteiger partial charge on any atom is -0.339 e. The largest absolute Gasteiger partial charge is 0.339 e. The van der Waals surface area contributed by atoms with Crippen LogP contribution < -0.4 is 5.32 Å². The van der Waals surface area contributed by atoms with E-state index in [9.17, 15) is 0 Å². The van der Waals surface area contributed by atoms with Gasteiger partial charge in [0, 0.05) is 11.6 Å². The third-order valence-electron chi connectivity index (χ3n) is 4.53. The van der Waals surface area contributed by atoms with Crippen LogP contribution in [0, 0.1) is 6.92 Å². The normalized spacial score (nSPS) is 23.0. The van der Waals surface area contributed by atoms with Crippen LogP contribution in [0.2, 0.25) is 0 Å². The van der Waals surface area contributed by atoms with Crippen LogP contribution in [0.5, 0.6) is 0 Å². The van der Waals surface area contributed by atoms with E-state index < -0.39 is 0 Å². The number of hydrogen-bond acceptors (Lipinski definition) is 4. The van der Waals surface area contributed by atoms with Gasteiger partial charge in [0.1, 0.15) is 0 Å². The summed E-state index contributed by atoms with van der Waals surface area (Å²) in [5.74, 6) is 1.83. The Bertz CT molecular complexity index is 593. The van der Waals surface area contributed by atoms with Gasteiger partial charge in [-0.05, 0) is 32.4 Å². The maximum atomic E-state index is 5.60. The summed E-state index contributed by atoms with van der Waals surface area (Å²) in [6.07, 6.45) is 6.13. The van der Waals surface area contributed by atoms with Crippen molar-refractivity contribution >= 4 is 0 Å². The fourth-order valence-corrected chi connectivity index (χ4v) is 3.27. The number of benzene rings is 1. The monoisotopic (exact) mass is 285 g/mol. The van der Waals surface area contributed by atoms with Gasteiger partial charge < -0.3 is 9.84 Å². The molecule has 3 rings (SSSR count). The molecular weight excluding hydrogens is 262 g/mol. The molecule has 1 aliphatic rings. The molecule has 0 spiro atoms. The fraction of sp³-hybridized carbons (Fsp3) is 0.529. The molecule has 0 amide bonds. The Hall–Kier alpha value is -1.68. The van der Waals surface area contributed by atoms with E-state index >= 15 is 0 Å². The highest BCUT2D eigenvalue weighted by molar-refractivity contribution is 5.59. The first kappa shape index (κ1) is 14.3. The quantitative estimate of drug-likeness (QED) is 0.874. The maximum absolute atomic E-state index is 5.60. The highest BCUT2D eigenvalue weighted by Gasteiger charge is 2.28. The molecule has 1 N–H and O–H groups in total. The topological polar surface area (TPSA) is 51.0 Å². The molecule has 2 atom stereocenters. The van der Waals surface area contributed by atoms with Gasteiger partial charge in [-0.25, -0.2) is 0 Å². The average Bonchev–Trinajstić information content (AvgIpc) is 2.85. The highest BCUT2D eigenvalue weighted by Crippen LogP contribution is 2.32. The summed E-state index contributed by atoms with van der Waals surface area (Å²) in [6, 6.07) is 8.61. The van der Waals surface area contributed by atoms with Gasteiger partial charge in [0.05, 0.1) is 5.92 Å². The Morgan fingerprint density at radius 3 is 2.76 bits per heavy atom. The number of nitrogens with zero attached hydrogens (tertiary/aromatic N) is 2. The minimum atomic E-state index is 0.336. The number of likely N-dealkylation sites (N-methyl/N-ethyl adjacent to an activating group) is 1. The van der Waals surface area contributed by atoms with Crippen molar-refractivity contribution in [3.05, 3.63) is 35.7 Å². The molecule has 0 bridgehead atoms. The summed E-state index contributed by atoms with van der Waals surface area (Å²) >= 11 is 0. The van der Waals surface area contributed by atoms with Crippen molar-refractivity contribution in [1.82, 2.24) is 15.5 Å². The lowest BCUT2D eigenvalue weighted by Crippen LogP contribution is -2.31. The number of nitrogens with one attached hydrogen (secondary N) is 1. The zero-order valence-electron chi connectivity index (χ0n) is 12.8. The zero-order chi connectivity index (χ0) is 14.7. The molecule has 21 heavy (non-hydrogen) atoms. The van der Waals surface area contributed by atoms with Crippen LogP contribution in [-0.4, -0.2) is 23.2 Å². The molecule has 1 aromatic heterocycles. The number of aryl methyl sites for hydroxylation is 1. The molecule has 0 saturated heterocycles. The van der Waals surface area contributed by atoms with E-state index in [1.165, 1.54) is 31.2 Å². The summed E-state index contributed by atoms with van der Waals surface area (Å²) < 4.78 is 5.60. The molecule has 2 aromatic rings. The van der Waals surface area contributed by atoms with Crippen molar-refractivity contribution in [1.29, 1.82) is 0 Å². The lowest BCUT2D eigenvalue weighted by molar-refractivity contribution is 0.311. The van der Waals surface area contributed by atoms with E-state index in [0.29, 0.717) is 17.8 Å². The Morgan fingerprint density at radius 2 is 1.95 bits per heavy atom. The Morgan fingerprint density at radius 1 is 1.14 bits per heavy atom. The molecule has 0 radical (unpaired) electrons. The van der Waals surface area contributed by atoms with Crippen LogP contribution in [-0.2, 0) is 0 Å². The summed E-state index contributed by atoms with van der Waals surface area (Å²) in [5.41, 5.74) is 2.23. The van der Waals surface area contributed by atoms with Gasteiger partial charge in [-0.3, -0.25) is 0 Å². The van der Waals surface area contributed by atoms with Crippen LogP contribution in [0.25, 0.3) is 11.4 Å². The third kappa shape index (κ3) is 3.00. The average molecular weight is 285 g/mol. The van der Waals surface area contributed by atoms with Crippen molar-refractivity contribution in [2.24, 2.45) is 0 Å². The van der Waals surface area contributed by atoms with Crippen LogP contribution in [0.4, 0.5) is 0 Å². The first-order valence-electron chi connectivity index (χ1n) is 7.86. The van der Waals surface area contributed by atoms with Crippen molar-refractivity contribution < 1.29 is 4.52 Å². The zero-order valence-corrected chi connectivity index (χ0v) is 12.8. The van der Waals surface area contributed by atoms with Gasteiger partial charge in [0.2, 0.25) is 11.7 Å². The lowest BCUT2D eigenvalue weighted by Gasteiger charge is -2.20. The second-order valence-electron chi connectivity index (χ2n) is 5.91. The summed E-state index contributed by atoms with van der Waals surface area (Å²) in [4.78, 5) is 4.69. The standard InChI is InChI=1S/C17H23N3O/c1-12-8-6-7-9-13(12)16-19-17(21-20-16)14-10-4-3-5-11-15(14)18-2/h6-9,14-15,18H,3-5,10-11H2,1-2H3. The summed E-state index contributed by atoms with van der Waals surface area (Å²) in [5, 5.41) is 7.63. The molecule has 4 nitrogen and oxygen atoms in total. The van der Waals surface area contributed by atoms with E-state index in [-0.39, 0.29) is 0 Å². The molecule has 112 valence electrons. The van der Waals surface area contributed by atoms with E-state index in [2.05, 4.69) is 28.4 Å². The maximum Gasteiger partial charge on any atom is 0.231 e. The predicted molar refractivity (Wildman–Crippen MR) is 83.1 cm³/mol. The number of rotatable bonds is 3. The molecular formula is C17H23N3O. The third-order valence-corrected chi connectivity index (χ3v) is 4.53. The molecule has 1 fully saturated rings. The molecule has 1 aromatic carbocycles. The number of hydrogen-bond donors (Lipinski definition) is 1. The summed E-state index contributed by atoms with van der Waals surface area (Å²) in [6.45, 7) is 2.08. The van der Waals surface area contributed by atoms with Crippen LogP contribution >= 0.6 is 0 Å². The van der Waals surface area contributed by atoms with Gasteiger partial charge in [0.15, 0.2) is 0 Å². The van der Waals surface area contributed by atoms with Crippen molar-refractivity contribution in [2.45, 2.75) is 51.0 Å². The van der Waals surface area contributed by atoms with Gasteiger partial charge >= 0.3 is 0 Å². The van der Waals surface area contributed by atoms with Crippen LogP contribution in [0.15, 0.2) is 28.8 Å². The van der Waals surface area contributed by atoms with E-state index in [1.54, 1.807) is 0 Å². The smallest absolute Gasteiger partial charge is 0.231 e. The van der Waals surface area contributed by atoms with Gasteiger partial charge in [-0.2, -0.15) is 4.98 Å². The Kier molecular flexibility index (Phi) is 4.34. The minimum absolute atomic E-state index is 0.336. The first-order valence-corrected chi connectivity index (χ1v) is 7.86. The number of aromatic nitrogens is 2. The Labute approximate surface area is 126 Å². The molecule has 4 heteroatoms. The second kappa shape index (κ2) is 6.39. The van der Waals surface area contributed by atoms with Gasteiger partial charge in [-0.1, -0.05) is 48.7 Å². The molecule has 0 aliphatic heterocycles. The summed E-state index contributed by atoms with van der Waals surface area (Å²) in [7, 11) is 2.03. The molecule has 1 saturated carbocycles. The van der Waals surface area contributed by atoms with E-state index in [0.717, 1.165) is 17.9 Å². The highest BCUT2D eigenvalue weighted by atomic mass is 16.5. The van der Waals surface area contributed by atoms with E-state index in [4.69, 9.17) is 4.52 Å². The molecule has 1 heterocycles. The SMILES string of the molecule is CNC1CCCCCC1c1nc(-c2ccccc2C)no1. The van der Waals surface area contributed by atoms with Crippen molar-refractivity contribution in [3.8, 4) is 11.4 Å². The van der Waals surface area contributed by atoms with Crippen LogP contribution in [0.3, 0.4) is 0 Å². The predicted octanol–water partition coefficient (Wildman–Crippen LogP) is 3.68. The first-order chi connectivity index (χ1) is 10.3. The lowest BCUT2D eigenvalue weighted by atomic mass is 9.95. The van der Waals surface area contributed by atoms with Gasteiger partial charge in [-0.15, -0.1) is 0 Å². The van der Waals surface area contributed by atoms with E-state index in [1.807, 2.05) is 25.2 Å². The van der Waals surface area contributed by atoms with Crippen molar-refractivity contribution in [2.75, 3.05) is 7.05 Å². The van der Waals surface area contributed by atoms with Gasteiger partial charge in [0.25, 0.3) is 0 Å².